The Morgan fingerprint density at radius 1 is 1.10 bits per heavy atom. The molecule has 0 saturated carbocycles. The highest BCUT2D eigenvalue weighted by Gasteiger charge is 2.32. The molecular weight excluding hydrogens is 283 g/mol. The number of nitrogens with one attached hydrogen (secondary N) is 1. The summed E-state index contributed by atoms with van der Waals surface area (Å²) < 4.78 is 46.0. The number of hydrogen-bond acceptors (Lipinski definition) is 3. The van der Waals surface area contributed by atoms with E-state index in [0.717, 1.165) is 25.9 Å². The molecule has 0 saturated heterocycles. The van der Waals surface area contributed by atoms with Crippen LogP contribution in [0.25, 0.3) is 0 Å². The lowest BCUT2D eigenvalue weighted by atomic mass is 10.2. The zero-order valence-corrected chi connectivity index (χ0v) is 12.4. The largest absolute Gasteiger partial charge is 0.573 e. The average molecular weight is 305 g/mol. The number of alkyl halides is 3. The molecule has 120 valence electrons. The fourth-order valence-corrected chi connectivity index (χ4v) is 1.70. The number of unbranched alkanes of at least 4 members (excludes halogenated alkanes) is 1. The van der Waals surface area contributed by atoms with Gasteiger partial charge in [0.15, 0.2) is 11.5 Å². The fourth-order valence-electron chi connectivity index (χ4n) is 1.70. The van der Waals surface area contributed by atoms with Crippen LogP contribution in [-0.2, 0) is 0 Å². The summed E-state index contributed by atoms with van der Waals surface area (Å²) in [6.45, 7) is 6.47. The Bertz CT molecular complexity index is 408. The Labute approximate surface area is 123 Å². The molecule has 1 aromatic carbocycles. The lowest BCUT2D eigenvalue weighted by Gasteiger charge is -2.14. The molecule has 0 atom stereocenters. The molecule has 0 spiro atoms. The van der Waals surface area contributed by atoms with Crippen molar-refractivity contribution in [3.8, 4) is 11.5 Å². The van der Waals surface area contributed by atoms with Crippen molar-refractivity contribution in [2.75, 3.05) is 19.7 Å². The van der Waals surface area contributed by atoms with Crippen LogP contribution >= 0.6 is 0 Å². The van der Waals surface area contributed by atoms with Gasteiger partial charge >= 0.3 is 6.36 Å². The lowest BCUT2D eigenvalue weighted by Crippen LogP contribution is -2.21. The zero-order chi connectivity index (χ0) is 15.7. The minimum Gasteiger partial charge on any atom is -0.490 e. The van der Waals surface area contributed by atoms with E-state index in [4.69, 9.17) is 4.74 Å². The third-order valence-corrected chi connectivity index (χ3v) is 2.63. The van der Waals surface area contributed by atoms with Gasteiger partial charge in [0.25, 0.3) is 0 Å². The Kier molecular flexibility index (Phi) is 7.36. The highest BCUT2D eigenvalue weighted by atomic mass is 19.4. The molecule has 0 unspecified atom stereocenters. The number of hydrogen-bond donors (Lipinski definition) is 1. The van der Waals surface area contributed by atoms with E-state index in [-0.39, 0.29) is 11.5 Å². The molecule has 0 bridgehead atoms. The van der Waals surface area contributed by atoms with Crippen LogP contribution in [0.5, 0.6) is 11.5 Å². The molecule has 0 aliphatic rings. The zero-order valence-electron chi connectivity index (χ0n) is 12.4. The van der Waals surface area contributed by atoms with Crippen LogP contribution in [0.1, 0.15) is 26.7 Å². The van der Waals surface area contributed by atoms with Gasteiger partial charge in [-0.15, -0.1) is 13.2 Å². The van der Waals surface area contributed by atoms with E-state index in [0.29, 0.717) is 12.5 Å². The minimum absolute atomic E-state index is 0.116. The van der Waals surface area contributed by atoms with Crippen LogP contribution in [0.3, 0.4) is 0 Å². The van der Waals surface area contributed by atoms with Gasteiger partial charge in [-0.05, 0) is 44.0 Å². The van der Waals surface area contributed by atoms with Gasteiger partial charge in [0.05, 0.1) is 6.61 Å². The predicted octanol–water partition coefficient (Wildman–Crippen LogP) is 3.99. The molecule has 0 aliphatic carbocycles. The van der Waals surface area contributed by atoms with Crippen LogP contribution in [0.4, 0.5) is 13.2 Å². The molecule has 6 heteroatoms. The molecular formula is C15H22F3NO2. The highest BCUT2D eigenvalue weighted by molar-refractivity contribution is 5.39. The molecule has 0 amide bonds. The average Bonchev–Trinajstić information content (AvgIpc) is 2.37. The van der Waals surface area contributed by atoms with Crippen molar-refractivity contribution in [2.45, 2.75) is 33.1 Å². The highest BCUT2D eigenvalue weighted by Crippen LogP contribution is 2.31. The van der Waals surface area contributed by atoms with Crippen molar-refractivity contribution in [1.29, 1.82) is 0 Å². The van der Waals surface area contributed by atoms with E-state index in [1.807, 2.05) is 0 Å². The Morgan fingerprint density at radius 3 is 2.38 bits per heavy atom. The first-order valence-corrected chi connectivity index (χ1v) is 7.07. The molecule has 0 aliphatic heterocycles. The summed E-state index contributed by atoms with van der Waals surface area (Å²) >= 11 is 0. The molecule has 3 nitrogen and oxygen atoms in total. The Morgan fingerprint density at radius 2 is 1.76 bits per heavy atom. The monoisotopic (exact) mass is 305 g/mol. The summed E-state index contributed by atoms with van der Waals surface area (Å²) in [6, 6.07) is 5.80. The summed E-state index contributed by atoms with van der Waals surface area (Å²) in [5.74, 6) is 0.417. The normalized spacial score (nSPS) is 11.7. The molecule has 0 fully saturated rings. The summed E-state index contributed by atoms with van der Waals surface area (Å²) in [6.07, 6.45) is -3.03. The van der Waals surface area contributed by atoms with Crippen LogP contribution in [0.2, 0.25) is 0 Å². The number of para-hydroxylation sites is 2. The quantitative estimate of drug-likeness (QED) is 0.700. The van der Waals surface area contributed by atoms with Gasteiger partial charge in [0.1, 0.15) is 0 Å². The maximum atomic E-state index is 12.2. The molecule has 1 rings (SSSR count). The Balaban J connectivity index is 2.29. The van der Waals surface area contributed by atoms with E-state index in [1.54, 1.807) is 6.07 Å². The van der Waals surface area contributed by atoms with Gasteiger partial charge in [0, 0.05) is 0 Å². The Hall–Kier alpha value is -1.43. The van der Waals surface area contributed by atoms with Crippen LogP contribution in [-0.4, -0.2) is 26.1 Å². The van der Waals surface area contributed by atoms with Gasteiger partial charge in [-0.1, -0.05) is 26.0 Å². The maximum absolute atomic E-state index is 12.2. The minimum atomic E-state index is -4.71. The topological polar surface area (TPSA) is 30.5 Å². The van der Waals surface area contributed by atoms with Crippen molar-refractivity contribution < 1.29 is 22.6 Å². The van der Waals surface area contributed by atoms with Crippen molar-refractivity contribution in [1.82, 2.24) is 5.32 Å². The molecule has 0 radical (unpaired) electrons. The lowest BCUT2D eigenvalue weighted by molar-refractivity contribution is -0.275. The molecule has 21 heavy (non-hydrogen) atoms. The van der Waals surface area contributed by atoms with Crippen molar-refractivity contribution in [3.05, 3.63) is 24.3 Å². The second-order valence-electron chi connectivity index (χ2n) is 5.15. The van der Waals surface area contributed by atoms with Crippen LogP contribution in [0.15, 0.2) is 24.3 Å². The second-order valence-corrected chi connectivity index (χ2v) is 5.15. The molecule has 0 heterocycles. The summed E-state index contributed by atoms with van der Waals surface area (Å²) in [5, 5.41) is 3.30. The molecule has 1 N–H and O–H groups in total. The summed E-state index contributed by atoms with van der Waals surface area (Å²) in [4.78, 5) is 0. The van der Waals surface area contributed by atoms with E-state index in [9.17, 15) is 13.2 Å². The smallest absolute Gasteiger partial charge is 0.490 e. The maximum Gasteiger partial charge on any atom is 0.573 e. The van der Waals surface area contributed by atoms with Crippen LogP contribution < -0.4 is 14.8 Å². The summed E-state index contributed by atoms with van der Waals surface area (Å²) in [5.41, 5.74) is 0. The van der Waals surface area contributed by atoms with Gasteiger partial charge in [-0.2, -0.15) is 0 Å². The van der Waals surface area contributed by atoms with Crippen molar-refractivity contribution >= 4 is 0 Å². The van der Waals surface area contributed by atoms with Crippen molar-refractivity contribution in [3.63, 3.8) is 0 Å². The van der Waals surface area contributed by atoms with Gasteiger partial charge in [-0.25, -0.2) is 0 Å². The van der Waals surface area contributed by atoms with E-state index in [1.165, 1.54) is 18.2 Å². The first kappa shape index (κ1) is 17.6. The third-order valence-electron chi connectivity index (χ3n) is 2.63. The third kappa shape index (κ3) is 8.45. The van der Waals surface area contributed by atoms with E-state index in [2.05, 4.69) is 23.9 Å². The number of rotatable bonds is 9. The first-order valence-electron chi connectivity index (χ1n) is 7.07. The second kappa shape index (κ2) is 8.77. The molecule has 0 aromatic heterocycles. The number of ether oxygens (including phenoxy) is 2. The standard InChI is InChI=1S/C15H22F3NO2/c1-12(2)11-19-9-5-6-10-20-13-7-3-4-8-14(13)21-15(16,17)18/h3-4,7-8,12,19H,5-6,9-11H2,1-2H3. The van der Waals surface area contributed by atoms with E-state index >= 15 is 0 Å². The fraction of sp³-hybridized carbons (Fsp3) is 0.600. The van der Waals surface area contributed by atoms with Gasteiger partial charge < -0.3 is 14.8 Å². The predicted molar refractivity (Wildman–Crippen MR) is 75.6 cm³/mol. The summed E-state index contributed by atoms with van der Waals surface area (Å²) in [7, 11) is 0. The number of benzene rings is 1. The van der Waals surface area contributed by atoms with Gasteiger partial charge in [0.2, 0.25) is 0 Å². The first-order chi connectivity index (χ1) is 9.88. The molecule has 1 aromatic rings. The van der Waals surface area contributed by atoms with Crippen LogP contribution in [0, 0.1) is 5.92 Å². The van der Waals surface area contributed by atoms with Crippen molar-refractivity contribution in [2.24, 2.45) is 5.92 Å². The number of halogens is 3. The van der Waals surface area contributed by atoms with Gasteiger partial charge in [-0.3, -0.25) is 0 Å². The van der Waals surface area contributed by atoms with E-state index < -0.39 is 6.36 Å². The SMILES string of the molecule is CC(C)CNCCCCOc1ccccc1OC(F)(F)F.